The summed E-state index contributed by atoms with van der Waals surface area (Å²) in [4.78, 5) is 38.0. The first-order valence-corrected chi connectivity index (χ1v) is 10.2. The molecule has 2 heterocycles. The molecule has 0 radical (unpaired) electrons. The number of carbonyl (C=O) groups is 3. The molecule has 4 rings (SSSR count). The number of nitrogens with one attached hydrogen (secondary N) is 1. The SMILES string of the molecule is O=C1NC(=S)N(c2ccc(C(=O)O)cc2)C(=O)/C1=C/c1cccn1-c1cccc(Br)c1. The highest BCUT2D eigenvalue weighted by atomic mass is 79.9. The molecule has 0 atom stereocenters. The first-order valence-electron chi connectivity index (χ1n) is 9.03. The van der Waals surface area contributed by atoms with Crippen LogP contribution in [0.4, 0.5) is 5.69 Å². The van der Waals surface area contributed by atoms with E-state index >= 15 is 0 Å². The minimum atomic E-state index is -1.08. The summed E-state index contributed by atoms with van der Waals surface area (Å²) < 4.78 is 2.74. The number of aromatic carboxylic acids is 1. The molecule has 7 nitrogen and oxygen atoms in total. The second-order valence-electron chi connectivity index (χ2n) is 6.59. The molecular weight excluding hydrogens is 482 g/mol. The summed E-state index contributed by atoms with van der Waals surface area (Å²) in [6.07, 6.45) is 3.32. The molecule has 1 fully saturated rings. The summed E-state index contributed by atoms with van der Waals surface area (Å²) in [6, 6.07) is 16.9. The Labute approximate surface area is 190 Å². The Bertz CT molecular complexity index is 1260. The fraction of sp³-hybridized carbons (Fsp3) is 0. The van der Waals surface area contributed by atoms with Gasteiger partial charge in [-0.2, -0.15) is 0 Å². The maximum atomic E-state index is 13.2. The molecule has 0 unspecified atom stereocenters. The van der Waals surface area contributed by atoms with Gasteiger partial charge >= 0.3 is 5.97 Å². The highest BCUT2D eigenvalue weighted by Crippen LogP contribution is 2.24. The summed E-state index contributed by atoms with van der Waals surface area (Å²) >= 11 is 8.62. The van der Waals surface area contributed by atoms with E-state index in [1.165, 1.54) is 35.2 Å². The van der Waals surface area contributed by atoms with Gasteiger partial charge in [0.2, 0.25) is 0 Å². The molecule has 2 amide bonds. The number of nitrogens with zero attached hydrogens (tertiary/aromatic N) is 2. The van der Waals surface area contributed by atoms with Crippen LogP contribution in [0.15, 0.2) is 76.9 Å². The number of carboxylic acids is 1. The average Bonchev–Trinajstić information content (AvgIpc) is 3.20. The molecule has 3 aromatic rings. The lowest BCUT2D eigenvalue weighted by Crippen LogP contribution is -2.54. The Morgan fingerprint density at radius 1 is 1.03 bits per heavy atom. The van der Waals surface area contributed by atoms with Crippen molar-refractivity contribution >= 4 is 62.8 Å². The standard InChI is InChI=1S/C22H14BrN3O4S/c23-14-3-1-4-16(11-14)25-10-2-5-17(25)12-18-19(27)24-22(31)26(20(18)28)15-8-6-13(7-9-15)21(29)30/h1-12H,(H,29,30)(H,24,27,31)/b18-12+. The third-order valence-corrected chi connectivity index (χ3v) is 5.41. The van der Waals surface area contributed by atoms with Crippen LogP contribution < -0.4 is 10.2 Å². The first-order chi connectivity index (χ1) is 14.8. The monoisotopic (exact) mass is 495 g/mol. The molecule has 0 saturated carbocycles. The average molecular weight is 496 g/mol. The summed E-state index contributed by atoms with van der Waals surface area (Å²) in [5.41, 5.74) is 1.82. The van der Waals surface area contributed by atoms with Crippen molar-refractivity contribution in [3.8, 4) is 5.69 Å². The molecule has 0 spiro atoms. The van der Waals surface area contributed by atoms with Gasteiger partial charge in [-0.25, -0.2) is 4.79 Å². The number of benzene rings is 2. The van der Waals surface area contributed by atoms with E-state index in [1.807, 2.05) is 41.1 Å². The van der Waals surface area contributed by atoms with E-state index in [2.05, 4.69) is 21.2 Å². The van der Waals surface area contributed by atoms with Crippen LogP contribution in [0.2, 0.25) is 0 Å². The number of anilines is 1. The highest BCUT2D eigenvalue weighted by molar-refractivity contribution is 9.10. The largest absolute Gasteiger partial charge is 0.478 e. The molecule has 31 heavy (non-hydrogen) atoms. The zero-order chi connectivity index (χ0) is 22.1. The summed E-state index contributed by atoms with van der Waals surface area (Å²) in [5.74, 6) is -2.28. The van der Waals surface area contributed by atoms with Gasteiger partial charge in [0.25, 0.3) is 11.8 Å². The molecule has 2 aromatic carbocycles. The van der Waals surface area contributed by atoms with Crippen molar-refractivity contribution in [1.29, 1.82) is 0 Å². The second-order valence-corrected chi connectivity index (χ2v) is 7.90. The number of hydrogen-bond acceptors (Lipinski definition) is 4. The molecule has 1 aliphatic heterocycles. The van der Waals surface area contributed by atoms with Crippen LogP contribution in [0.1, 0.15) is 16.1 Å². The van der Waals surface area contributed by atoms with Crippen LogP contribution in [0.5, 0.6) is 0 Å². The smallest absolute Gasteiger partial charge is 0.335 e. The number of hydrogen-bond donors (Lipinski definition) is 2. The molecule has 1 saturated heterocycles. The van der Waals surface area contributed by atoms with Crippen LogP contribution in [-0.4, -0.2) is 32.6 Å². The Hall–Kier alpha value is -3.56. The first kappa shape index (κ1) is 20.7. The van der Waals surface area contributed by atoms with E-state index < -0.39 is 17.8 Å². The molecule has 9 heteroatoms. The molecule has 2 N–H and O–H groups in total. The van der Waals surface area contributed by atoms with Crippen molar-refractivity contribution in [2.24, 2.45) is 0 Å². The van der Waals surface area contributed by atoms with Crippen molar-refractivity contribution in [1.82, 2.24) is 9.88 Å². The van der Waals surface area contributed by atoms with E-state index in [0.29, 0.717) is 11.4 Å². The number of rotatable bonds is 4. The van der Waals surface area contributed by atoms with Gasteiger partial charge in [-0.1, -0.05) is 22.0 Å². The van der Waals surface area contributed by atoms with E-state index in [9.17, 15) is 14.4 Å². The maximum Gasteiger partial charge on any atom is 0.335 e. The lowest BCUT2D eigenvalue weighted by Gasteiger charge is -2.29. The minimum Gasteiger partial charge on any atom is -0.478 e. The van der Waals surface area contributed by atoms with Crippen LogP contribution in [-0.2, 0) is 9.59 Å². The summed E-state index contributed by atoms with van der Waals surface area (Å²) in [6.45, 7) is 0. The maximum absolute atomic E-state index is 13.2. The minimum absolute atomic E-state index is 0.0717. The number of thiocarbonyl (C=S) groups is 1. The normalized spacial score (nSPS) is 15.3. The van der Waals surface area contributed by atoms with Crippen LogP contribution >= 0.6 is 28.1 Å². The van der Waals surface area contributed by atoms with E-state index in [0.717, 1.165) is 10.2 Å². The Morgan fingerprint density at radius 2 is 1.77 bits per heavy atom. The van der Waals surface area contributed by atoms with Gasteiger partial charge < -0.3 is 9.67 Å². The van der Waals surface area contributed by atoms with E-state index in [-0.39, 0.29) is 16.2 Å². The van der Waals surface area contributed by atoms with Gasteiger partial charge in [0.05, 0.1) is 11.3 Å². The van der Waals surface area contributed by atoms with Gasteiger partial charge in [0.15, 0.2) is 5.11 Å². The number of aromatic nitrogens is 1. The topological polar surface area (TPSA) is 91.6 Å². The molecule has 1 aliphatic rings. The van der Waals surface area contributed by atoms with Crippen molar-refractivity contribution < 1.29 is 19.5 Å². The second kappa shape index (κ2) is 8.29. The summed E-state index contributed by atoms with van der Waals surface area (Å²) in [7, 11) is 0. The fourth-order valence-corrected chi connectivity index (χ4v) is 3.83. The number of carbonyl (C=O) groups excluding carboxylic acids is 2. The number of halogens is 1. The molecule has 154 valence electrons. The third-order valence-electron chi connectivity index (χ3n) is 4.63. The lowest BCUT2D eigenvalue weighted by atomic mass is 10.1. The zero-order valence-corrected chi connectivity index (χ0v) is 18.2. The van der Waals surface area contributed by atoms with Crippen molar-refractivity contribution in [2.75, 3.05) is 4.90 Å². The van der Waals surface area contributed by atoms with Crippen LogP contribution in [0, 0.1) is 0 Å². The van der Waals surface area contributed by atoms with Crippen molar-refractivity contribution in [3.63, 3.8) is 0 Å². The Kier molecular flexibility index (Phi) is 5.53. The van der Waals surface area contributed by atoms with Gasteiger partial charge in [-0.05, 0) is 72.9 Å². The third kappa shape index (κ3) is 4.05. The number of amides is 2. The van der Waals surface area contributed by atoms with E-state index in [1.54, 1.807) is 6.07 Å². The van der Waals surface area contributed by atoms with Gasteiger partial charge in [0, 0.05) is 22.1 Å². The summed E-state index contributed by atoms with van der Waals surface area (Å²) in [5, 5.41) is 11.5. The zero-order valence-electron chi connectivity index (χ0n) is 15.8. The van der Waals surface area contributed by atoms with Crippen molar-refractivity contribution in [3.05, 3.63) is 88.2 Å². The van der Waals surface area contributed by atoms with E-state index in [4.69, 9.17) is 17.3 Å². The highest BCUT2D eigenvalue weighted by Gasteiger charge is 2.34. The van der Waals surface area contributed by atoms with Gasteiger partial charge in [0.1, 0.15) is 5.57 Å². The van der Waals surface area contributed by atoms with Gasteiger partial charge in [-0.15, -0.1) is 0 Å². The molecule has 0 aliphatic carbocycles. The number of carboxylic acid groups (broad SMARTS) is 1. The molecule has 0 bridgehead atoms. The lowest BCUT2D eigenvalue weighted by molar-refractivity contribution is -0.122. The quantitative estimate of drug-likeness (QED) is 0.326. The van der Waals surface area contributed by atoms with Gasteiger partial charge in [-0.3, -0.25) is 19.8 Å². The van der Waals surface area contributed by atoms with Crippen molar-refractivity contribution in [2.45, 2.75) is 0 Å². The molecular formula is C22H14BrN3O4S. The predicted molar refractivity (Wildman–Crippen MR) is 123 cm³/mol. The predicted octanol–water partition coefficient (Wildman–Crippen LogP) is 3.77. The Balaban J connectivity index is 1.72. The Morgan fingerprint density at radius 3 is 2.45 bits per heavy atom. The van der Waals surface area contributed by atoms with Crippen LogP contribution in [0.25, 0.3) is 11.8 Å². The molecule has 1 aromatic heterocycles. The van der Waals surface area contributed by atoms with Crippen LogP contribution in [0.3, 0.4) is 0 Å². The fourth-order valence-electron chi connectivity index (χ4n) is 3.17.